The summed E-state index contributed by atoms with van der Waals surface area (Å²) in [5.74, 6) is -0.867. The Balaban J connectivity index is 2.25. The minimum Gasteiger partial charge on any atom is -0.385 e. The van der Waals surface area contributed by atoms with Crippen molar-refractivity contribution in [3.05, 3.63) is 29.3 Å². The van der Waals surface area contributed by atoms with E-state index in [2.05, 4.69) is 5.32 Å². The van der Waals surface area contributed by atoms with Crippen LogP contribution in [-0.4, -0.2) is 33.5 Å². The Kier molecular flexibility index (Phi) is 6.60. The van der Waals surface area contributed by atoms with Gasteiger partial charge >= 0.3 is 0 Å². The molecule has 3 nitrogen and oxygen atoms in total. The lowest BCUT2D eigenvalue weighted by atomic mass is 10.2. The average molecular weight is 259 g/mol. The predicted molar refractivity (Wildman–Crippen MR) is 66.9 cm³/mol. The van der Waals surface area contributed by atoms with Crippen molar-refractivity contribution in [1.82, 2.24) is 0 Å². The highest BCUT2D eigenvalue weighted by Gasteiger charge is 2.06. The number of anilines is 1. The Labute approximate surface area is 106 Å². The number of methoxy groups -OCH3 is 1. The van der Waals surface area contributed by atoms with Gasteiger partial charge in [-0.25, -0.2) is 8.78 Å². The van der Waals surface area contributed by atoms with Crippen molar-refractivity contribution >= 4 is 5.69 Å². The summed E-state index contributed by atoms with van der Waals surface area (Å²) in [4.78, 5) is 0. The summed E-state index contributed by atoms with van der Waals surface area (Å²) in [6, 6.07) is 2.34. The van der Waals surface area contributed by atoms with Gasteiger partial charge in [-0.15, -0.1) is 0 Å². The first kappa shape index (κ1) is 14.9. The minimum atomic E-state index is -0.451. The van der Waals surface area contributed by atoms with Crippen molar-refractivity contribution in [2.45, 2.75) is 13.3 Å². The van der Waals surface area contributed by atoms with Crippen molar-refractivity contribution in [2.75, 3.05) is 38.8 Å². The maximum atomic E-state index is 13.4. The van der Waals surface area contributed by atoms with Gasteiger partial charge in [-0.1, -0.05) is 0 Å². The fraction of sp³-hybridized carbons (Fsp3) is 0.538. The van der Waals surface area contributed by atoms with Crippen LogP contribution in [0.5, 0.6) is 0 Å². The zero-order chi connectivity index (χ0) is 13.4. The first-order valence-electron chi connectivity index (χ1n) is 5.91. The van der Waals surface area contributed by atoms with Crippen molar-refractivity contribution < 1.29 is 18.3 Å². The Bertz CT molecular complexity index is 372. The van der Waals surface area contributed by atoms with Crippen LogP contribution in [0.1, 0.15) is 12.0 Å². The van der Waals surface area contributed by atoms with Crippen LogP contribution in [0.3, 0.4) is 0 Å². The van der Waals surface area contributed by atoms with E-state index in [0.29, 0.717) is 31.9 Å². The van der Waals surface area contributed by atoms with Gasteiger partial charge in [0, 0.05) is 32.9 Å². The summed E-state index contributed by atoms with van der Waals surface area (Å²) in [5.41, 5.74) is 0.465. The van der Waals surface area contributed by atoms with Crippen molar-refractivity contribution in [3.8, 4) is 0 Å². The lowest BCUT2D eigenvalue weighted by Gasteiger charge is -2.09. The summed E-state index contributed by atoms with van der Waals surface area (Å²) in [6.07, 6.45) is 0.823. The van der Waals surface area contributed by atoms with Crippen LogP contribution >= 0.6 is 0 Å². The van der Waals surface area contributed by atoms with Crippen molar-refractivity contribution in [3.63, 3.8) is 0 Å². The maximum Gasteiger partial charge on any atom is 0.146 e. The Morgan fingerprint density at radius 1 is 1.11 bits per heavy atom. The monoisotopic (exact) mass is 259 g/mol. The largest absolute Gasteiger partial charge is 0.385 e. The fourth-order valence-electron chi connectivity index (χ4n) is 1.45. The van der Waals surface area contributed by atoms with E-state index in [1.54, 1.807) is 7.11 Å². The molecule has 1 aromatic carbocycles. The second-order valence-corrected chi connectivity index (χ2v) is 3.97. The number of halogens is 2. The molecule has 1 rings (SSSR count). The minimum absolute atomic E-state index is 0.165. The van der Waals surface area contributed by atoms with Gasteiger partial charge in [-0.3, -0.25) is 0 Å². The molecule has 0 amide bonds. The summed E-state index contributed by atoms with van der Waals surface area (Å²) >= 11 is 0. The van der Waals surface area contributed by atoms with Crippen molar-refractivity contribution in [1.29, 1.82) is 0 Å². The average Bonchev–Trinajstić information content (AvgIpc) is 2.34. The van der Waals surface area contributed by atoms with Gasteiger partial charge in [0.25, 0.3) is 0 Å². The predicted octanol–water partition coefficient (Wildman–Crippen LogP) is 2.74. The van der Waals surface area contributed by atoms with Gasteiger partial charge in [-0.05, 0) is 25.0 Å². The molecule has 0 aliphatic heterocycles. The quantitative estimate of drug-likeness (QED) is 0.728. The summed E-state index contributed by atoms with van der Waals surface area (Å²) in [5, 5.41) is 2.80. The van der Waals surface area contributed by atoms with Gasteiger partial charge in [0.1, 0.15) is 11.6 Å². The molecule has 18 heavy (non-hydrogen) atoms. The molecule has 5 heteroatoms. The summed E-state index contributed by atoms with van der Waals surface area (Å²) in [7, 11) is 1.64. The molecule has 0 saturated heterocycles. The molecule has 0 aliphatic carbocycles. The molecule has 102 valence electrons. The van der Waals surface area contributed by atoms with Crippen LogP contribution in [0.2, 0.25) is 0 Å². The molecule has 0 unspecified atom stereocenters. The summed E-state index contributed by atoms with van der Waals surface area (Å²) in [6.45, 7) is 3.66. The highest BCUT2D eigenvalue weighted by molar-refractivity contribution is 5.46. The molecule has 1 N–H and O–H groups in total. The molecule has 0 radical (unpaired) electrons. The van der Waals surface area contributed by atoms with Crippen LogP contribution in [0.4, 0.5) is 14.5 Å². The molecular weight excluding hydrogens is 240 g/mol. The van der Waals surface area contributed by atoms with Gasteiger partial charge in [0.2, 0.25) is 0 Å². The van der Waals surface area contributed by atoms with Crippen molar-refractivity contribution in [2.24, 2.45) is 0 Å². The summed E-state index contributed by atoms with van der Waals surface area (Å²) < 4.78 is 36.8. The number of hydrogen-bond donors (Lipinski definition) is 1. The number of nitrogens with one attached hydrogen (secondary N) is 1. The molecule has 0 fully saturated rings. The second-order valence-electron chi connectivity index (χ2n) is 3.97. The zero-order valence-corrected chi connectivity index (χ0v) is 10.8. The van der Waals surface area contributed by atoms with Crippen LogP contribution in [0, 0.1) is 18.6 Å². The molecular formula is C13H19F2NO2. The van der Waals surface area contributed by atoms with E-state index in [1.165, 1.54) is 13.0 Å². The molecule has 0 saturated carbocycles. The highest BCUT2D eigenvalue weighted by Crippen LogP contribution is 2.18. The van der Waals surface area contributed by atoms with E-state index < -0.39 is 11.6 Å². The number of benzene rings is 1. The number of hydrogen-bond acceptors (Lipinski definition) is 3. The maximum absolute atomic E-state index is 13.4. The second kappa shape index (κ2) is 8.00. The van der Waals surface area contributed by atoms with Crippen LogP contribution in [0.15, 0.2) is 12.1 Å². The topological polar surface area (TPSA) is 30.5 Å². The molecule has 0 heterocycles. The number of rotatable bonds is 8. The van der Waals surface area contributed by atoms with Gasteiger partial charge in [-0.2, -0.15) is 0 Å². The Hall–Kier alpha value is -1.20. The SMILES string of the molecule is COCCCOCCNc1cc(F)c(C)cc1F. The van der Waals surface area contributed by atoms with Gasteiger partial charge < -0.3 is 14.8 Å². The third kappa shape index (κ3) is 4.98. The molecule has 0 aliphatic rings. The van der Waals surface area contributed by atoms with E-state index in [-0.39, 0.29) is 5.69 Å². The Morgan fingerprint density at radius 3 is 2.61 bits per heavy atom. The number of ether oxygens (including phenoxy) is 2. The third-order valence-electron chi connectivity index (χ3n) is 2.45. The van der Waals surface area contributed by atoms with Crippen LogP contribution in [0.25, 0.3) is 0 Å². The lowest BCUT2D eigenvalue weighted by molar-refractivity contribution is 0.109. The molecule has 0 bridgehead atoms. The highest BCUT2D eigenvalue weighted by atomic mass is 19.1. The van der Waals surface area contributed by atoms with Gasteiger partial charge in [0.15, 0.2) is 0 Å². The Morgan fingerprint density at radius 2 is 1.89 bits per heavy atom. The van der Waals surface area contributed by atoms with Crippen LogP contribution < -0.4 is 5.32 Å². The molecule has 1 aromatic rings. The van der Waals surface area contributed by atoms with E-state index in [1.807, 2.05) is 0 Å². The van der Waals surface area contributed by atoms with E-state index in [0.717, 1.165) is 12.5 Å². The normalized spacial score (nSPS) is 10.7. The third-order valence-corrected chi connectivity index (χ3v) is 2.45. The molecule has 0 aromatic heterocycles. The zero-order valence-electron chi connectivity index (χ0n) is 10.8. The fourth-order valence-corrected chi connectivity index (χ4v) is 1.45. The lowest BCUT2D eigenvalue weighted by Crippen LogP contribution is -2.12. The molecule has 0 spiro atoms. The first-order valence-corrected chi connectivity index (χ1v) is 5.91. The smallest absolute Gasteiger partial charge is 0.146 e. The standard InChI is InChI=1S/C13H19F2NO2/c1-10-8-12(15)13(9-11(10)14)16-4-7-18-6-3-5-17-2/h8-9,16H,3-7H2,1-2H3. The van der Waals surface area contributed by atoms with E-state index in [9.17, 15) is 8.78 Å². The number of aryl methyl sites for hydroxylation is 1. The first-order chi connectivity index (χ1) is 8.65. The van der Waals surface area contributed by atoms with E-state index in [4.69, 9.17) is 9.47 Å². The van der Waals surface area contributed by atoms with Gasteiger partial charge in [0.05, 0.1) is 12.3 Å². The molecule has 0 atom stereocenters. The van der Waals surface area contributed by atoms with E-state index >= 15 is 0 Å². The van der Waals surface area contributed by atoms with Crippen LogP contribution in [-0.2, 0) is 9.47 Å².